The number of amides is 1. The van der Waals surface area contributed by atoms with Gasteiger partial charge in [-0.25, -0.2) is 4.98 Å². The standard InChI is InChI=1S/C13H13N3O4/c14-10(5-12(17)18)13(19)16-9-3-1-8(2-4-9)11-6-15-7-20-11/h1-4,6-7,10H,5,14H2,(H,16,19)(H,17,18). The molecule has 104 valence electrons. The molecule has 0 aliphatic rings. The third kappa shape index (κ3) is 3.42. The Bertz CT molecular complexity index is 593. The lowest BCUT2D eigenvalue weighted by Crippen LogP contribution is -2.37. The summed E-state index contributed by atoms with van der Waals surface area (Å²) in [4.78, 5) is 25.9. The third-order valence-electron chi connectivity index (χ3n) is 2.60. The molecule has 0 aliphatic carbocycles. The summed E-state index contributed by atoms with van der Waals surface area (Å²) in [5.74, 6) is -1.04. The second kappa shape index (κ2) is 5.98. The Labute approximate surface area is 114 Å². The monoisotopic (exact) mass is 275 g/mol. The minimum Gasteiger partial charge on any atom is -0.481 e. The van der Waals surface area contributed by atoms with Gasteiger partial charge in [-0.05, 0) is 24.3 Å². The molecule has 0 saturated carbocycles. The second-order valence-electron chi connectivity index (χ2n) is 4.14. The molecule has 2 aromatic rings. The average molecular weight is 275 g/mol. The van der Waals surface area contributed by atoms with E-state index < -0.39 is 24.3 Å². The number of carbonyl (C=O) groups excluding carboxylic acids is 1. The molecule has 0 bridgehead atoms. The van der Waals surface area contributed by atoms with Crippen molar-refractivity contribution in [2.24, 2.45) is 5.73 Å². The van der Waals surface area contributed by atoms with Gasteiger partial charge in [-0.15, -0.1) is 0 Å². The number of benzene rings is 1. The molecule has 4 N–H and O–H groups in total. The van der Waals surface area contributed by atoms with E-state index in [4.69, 9.17) is 15.3 Å². The lowest BCUT2D eigenvalue weighted by Gasteiger charge is -2.10. The summed E-state index contributed by atoms with van der Waals surface area (Å²) in [5, 5.41) is 11.1. The number of anilines is 1. The number of hydrogen-bond donors (Lipinski definition) is 3. The molecule has 1 atom stereocenters. The van der Waals surface area contributed by atoms with Gasteiger partial charge in [0.1, 0.15) is 0 Å². The zero-order chi connectivity index (χ0) is 14.5. The van der Waals surface area contributed by atoms with Crippen LogP contribution in [0.1, 0.15) is 6.42 Å². The van der Waals surface area contributed by atoms with Crippen molar-refractivity contribution in [1.82, 2.24) is 4.98 Å². The van der Waals surface area contributed by atoms with E-state index in [0.29, 0.717) is 11.4 Å². The van der Waals surface area contributed by atoms with E-state index in [2.05, 4.69) is 10.3 Å². The van der Waals surface area contributed by atoms with Crippen molar-refractivity contribution in [3.8, 4) is 11.3 Å². The molecule has 0 saturated heterocycles. The van der Waals surface area contributed by atoms with Gasteiger partial charge in [0.25, 0.3) is 0 Å². The number of nitrogens with two attached hydrogens (primary N) is 1. The van der Waals surface area contributed by atoms with E-state index in [0.717, 1.165) is 5.56 Å². The van der Waals surface area contributed by atoms with Crippen molar-refractivity contribution in [3.05, 3.63) is 36.9 Å². The van der Waals surface area contributed by atoms with Crippen molar-refractivity contribution in [3.63, 3.8) is 0 Å². The van der Waals surface area contributed by atoms with E-state index in [1.807, 2.05) is 0 Å². The molecule has 0 radical (unpaired) electrons. The predicted molar refractivity (Wildman–Crippen MR) is 70.8 cm³/mol. The minimum atomic E-state index is -1.12. The zero-order valence-corrected chi connectivity index (χ0v) is 10.4. The van der Waals surface area contributed by atoms with Crippen LogP contribution >= 0.6 is 0 Å². The first kappa shape index (κ1) is 13.8. The summed E-state index contributed by atoms with van der Waals surface area (Å²) in [5.41, 5.74) is 6.80. The van der Waals surface area contributed by atoms with E-state index in [9.17, 15) is 9.59 Å². The average Bonchev–Trinajstić information content (AvgIpc) is 2.92. The maximum Gasteiger partial charge on any atom is 0.305 e. The Kier molecular flexibility index (Phi) is 4.11. The van der Waals surface area contributed by atoms with Crippen LogP contribution in [0.5, 0.6) is 0 Å². The van der Waals surface area contributed by atoms with E-state index >= 15 is 0 Å². The number of nitrogens with one attached hydrogen (secondary N) is 1. The maximum atomic E-state index is 11.6. The maximum absolute atomic E-state index is 11.6. The number of aliphatic carboxylic acids is 1. The van der Waals surface area contributed by atoms with Crippen LogP contribution in [0.25, 0.3) is 11.3 Å². The second-order valence-corrected chi connectivity index (χ2v) is 4.14. The van der Waals surface area contributed by atoms with Crippen LogP contribution in [0.15, 0.2) is 41.3 Å². The van der Waals surface area contributed by atoms with E-state index in [1.165, 1.54) is 6.39 Å². The van der Waals surface area contributed by atoms with Crippen LogP contribution < -0.4 is 11.1 Å². The zero-order valence-electron chi connectivity index (χ0n) is 10.4. The van der Waals surface area contributed by atoms with Gasteiger partial charge in [0.05, 0.1) is 18.7 Å². The molecule has 1 aromatic carbocycles. The summed E-state index contributed by atoms with van der Waals surface area (Å²) in [7, 11) is 0. The van der Waals surface area contributed by atoms with Crippen LogP contribution in [-0.2, 0) is 9.59 Å². The molecule has 0 aliphatic heterocycles. The number of aromatic nitrogens is 1. The first-order valence-electron chi connectivity index (χ1n) is 5.83. The van der Waals surface area contributed by atoms with Crippen LogP contribution in [0.2, 0.25) is 0 Å². The van der Waals surface area contributed by atoms with Gasteiger partial charge >= 0.3 is 5.97 Å². The highest BCUT2D eigenvalue weighted by atomic mass is 16.4. The molecule has 7 nitrogen and oxygen atoms in total. The topological polar surface area (TPSA) is 118 Å². The number of carboxylic acid groups (broad SMARTS) is 1. The van der Waals surface area contributed by atoms with Gasteiger partial charge in [0.2, 0.25) is 5.91 Å². The van der Waals surface area contributed by atoms with Crippen LogP contribution in [0.4, 0.5) is 5.69 Å². The van der Waals surface area contributed by atoms with Gasteiger partial charge in [-0.1, -0.05) is 0 Å². The van der Waals surface area contributed by atoms with Crippen LogP contribution in [0.3, 0.4) is 0 Å². The van der Waals surface area contributed by atoms with Crippen LogP contribution in [0, 0.1) is 0 Å². The molecule has 7 heteroatoms. The fourth-order valence-corrected chi connectivity index (χ4v) is 1.59. The van der Waals surface area contributed by atoms with Gasteiger partial charge in [0.15, 0.2) is 12.2 Å². The molecule has 1 unspecified atom stereocenters. The molecule has 1 heterocycles. The smallest absolute Gasteiger partial charge is 0.305 e. The molecule has 1 aromatic heterocycles. The Morgan fingerprint density at radius 1 is 1.35 bits per heavy atom. The van der Waals surface area contributed by atoms with Crippen LogP contribution in [-0.4, -0.2) is 28.0 Å². The van der Waals surface area contributed by atoms with Gasteiger partial charge in [-0.2, -0.15) is 0 Å². The highest BCUT2D eigenvalue weighted by Gasteiger charge is 2.17. The quantitative estimate of drug-likeness (QED) is 0.751. The van der Waals surface area contributed by atoms with Crippen molar-refractivity contribution in [2.45, 2.75) is 12.5 Å². The van der Waals surface area contributed by atoms with E-state index in [1.54, 1.807) is 30.5 Å². The summed E-state index contributed by atoms with van der Waals surface area (Å²) in [6, 6.07) is 5.76. The van der Waals surface area contributed by atoms with Crippen molar-refractivity contribution >= 4 is 17.6 Å². The molecule has 0 fully saturated rings. The molecular formula is C13H13N3O4. The molecular weight excluding hydrogens is 262 g/mol. The highest BCUT2D eigenvalue weighted by Crippen LogP contribution is 2.20. The molecule has 2 rings (SSSR count). The number of oxazole rings is 1. The lowest BCUT2D eigenvalue weighted by molar-refractivity contribution is -0.138. The first-order valence-corrected chi connectivity index (χ1v) is 5.83. The predicted octanol–water partition coefficient (Wildman–Crippen LogP) is 1.08. The summed E-state index contributed by atoms with van der Waals surface area (Å²) >= 11 is 0. The summed E-state index contributed by atoms with van der Waals surface area (Å²) < 4.78 is 5.14. The molecule has 0 spiro atoms. The number of nitrogens with zero attached hydrogens (tertiary/aromatic N) is 1. The highest BCUT2D eigenvalue weighted by molar-refractivity contribution is 5.96. The van der Waals surface area contributed by atoms with E-state index in [-0.39, 0.29) is 0 Å². The fraction of sp³-hybridized carbons (Fsp3) is 0.154. The number of carbonyl (C=O) groups is 2. The Hall–Kier alpha value is -2.67. The van der Waals surface area contributed by atoms with Gasteiger partial charge < -0.3 is 20.6 Å². The Morgan fingerprint density at radius 3 is 2.60 bits per heavy atom. The molecule has 20 heavy (non-hydrogen) atoms. The Morgan fingerprint density at radius 2 is 2.05 bits per heavy atom. The fourth-order valence-electron chi connectivity index (χ4n) is 1.59. The molecule has 1 amide bonds. The SMILES string of the molecule is NC(CC(=O)O)C(=O)Nc1ccc(-c2cnco2)cc1. The number of rotatable bonds is 5. The Balaban J connectivity index is 2.00. The summed E-state index contributed by atoms with van der Waals surface area (Å²) in [6.07, 6.45) is 2.49. The summed E-state index contributed by atoms with van der Waals surface area (Å²) in [6.45, 7) is 0. The number of hydrogen-bond acceptors (Lipinski definition) is 5. The van der Waals surface area contributed by atoms with Crippen molar-refractivity contribution < 1.29 is 19.1 Å². The normalized spacial score (nSPS) is 11.8. The largest absolute Gasteiger partial charge is 0.481 e. The van der Waals surface area contributed by atoms with Gasteiger partial charge in [0, 0.05) is 11.3 Å². The lowest BCUT2D eigenvalue weighted by atomic mass is 10.1. The third-order valence-corrected chi connectivity index (χ3v) is 2.60. The minimum absolute atomic E-state index is 0.415. The van der Waals surface area contributed by atoms with Crippen molar-refractivity contribution in [1.29, 1.82) is 0 Å². The first-order chi connectivity index (χ1) is 9.56. The number of carboxylic acids is 1. The van der Waals surface area contributed by atoms with Crippen molar-refractivity contribution in [2.75, 3.05) is 5.32 Å². The van der Waals surface area contributed by atoms with Gasteiger partial charge in [-0.3, -0.25) is 9.59 Å².